The second-order valence-corrected chi connectivity index (χ2v) is 5.55. The van der Waals surface area contributed by atoms with Crippen molar-refractivity contribution in [2.45, 2.75) is 12.5 Å². The van der Waals surface area contributed by atoms with Crippen LogP contribution in [0.1, 0.15) is 5.56 Å². The van der Waals surface area contributed by atoms with Gasteiger partial charge < -0.3 is 15.4 Å². The molecule has 0 aliphatic carbocycles. The number of carbonyl (C=O) groups is 1. The summed E-state index contributed by atoms with van der Waals surface area (Å²) in [5, 5.41) is 9.06. The molecule has 2 heterocycles. The molecule has 8 heteroatoms. The average molecular weight is 334 g/mol. The van der Waals surface area contributed by atoms with Crippen LogP contribution in [0.4, 0.5) is 16.3 Å². The van der Waals surface area contributed by atoms with Crippen molar-refractivity contribution in [1.29, 1.82) is 0 Å². The monoisotopic (exact) mass is 333 g/mol. The zero-order valence-corrected chi connectivity index (χ0v) is 13.2. The molecule has 1 atom stereocenters. The van der Waals surface area contributed by atoms with Crippen molar-refractivity contribution in [2.24, 2.45) is 0 Å². The Labute approximate surface area is 138 Å². The molecule has 0 radical (unpaired) electrons. The van der Waals surface area contributed by atoms with E-state index in [2.05, 4.69) is 25.9 Å². The summed E-state index contributed by atoms with van der Waals surface area (Å²) in [5.74, 6) is 1.01. The molecule has 1 unspecified atom stereocenters. The maximum absolute atomic E-state index is 12.1. The number of urea groups is 1. The molecular formula is C15H16ClN5O2. The highest BCUT2D eigenvalue weighted by Crippen LogP contribution is 2.36. The van der Waals surface area contributed by atoms with Crippen molar-refractivity contribution in [3.8, 4) is 5.75 Å². The summed E-state index contributed by atoms with van der Waals surface area (Å²) in [5.41, 5.74) is 1.49. The fraction of sp³-hybridized carbons (Fsp3) is 0.267. The van der Waals surface area contributed by atoms with Crippen LogP contribution < -0.4 is 20.7 Å². The molecule has 0 spiro atoms. The van der Waals surface area contributed by atoms with E-state index in [1.807, 2.05) is 13.1 Å². The number of nitrogens with one attached hydrogen (secondary N) is 3. The van der Waals surface area contributed by atoms with E-state index < -0.39 is 6.03 Å². The van der Waals surface area contributed by atoms with E-state index in [0.717, 1.165) is 12.0 Å². The molecule has 120 valence electrons. The summed E-state index contributed by atoms with van der Waals surface area (Å²) in [6.45, 7) is 0.533. The fourth-order valence-electron chi connectivity index (χ4n) is 2.39. The SMILES string of the molecule is CNC1COc2c(cc(Cl)cc2NC(=O)Nc2cnccn2)C1. The number of fused-ring (bicyclic) bond motifs is 1. The molecule has 0 saturated carbocycles. The highest BCUT2D eigenvalue weighted by Gasteiger charge is 2.22. The molecule has 2 aromatic rings. The van der Waals surface area contributed by atoms with Crippen molar-refractivity contribution < 1.29 is 9.53 Å². The third-order valence-electron chi connectivity index (χ3n) is 3.49. The van der Waals surface area contributed by atoms with Crippen LogP contribution in [-0.4, -0.2) is 35.7 Å². The van der Waals surface area contributed by atoms with Gasteiger partial charge in [-0.3, -0.25) is 10.3 Å². The summed E-state index contributed by atoms with van der Waals surface area (Å²) < 4.78 is 5.77. The first-order valence-corrected chi connectivity index (χ1v) is 7.50. The van der Waals surface area contributed by atoms with Crippen LogP contribution >= 0.6 is 11.6 Å². The van der Waals surface area contributed by atoms with Gasteiger partial charge in [0.2, 0.25) is 0 Å². The zero-order chi connectivity index (χ0) is 16.2. The highest BCUT2D eigenvalue weighted by atomic mass is 35.5. The van der Waals surface area contributed by atoms with E-state index in [-0.39, 0.29) is 6.04 Å². The third-order valence-corrected chi connectivity index (χ3v) is 3.71. The first-order valence-electron chi connectivity index (χ1n) is 7.12. The van der Waals surface area contributed by atoms with E-state index >= 15 is 0 Å². The third kappa shape index (κ3) is 3.69. The van der Waals surface area contributed by atoms with Crippen molar-refractivity contribution in [3.05, 3.63) is 41.3 Å². The van der Waals surface area contributed by atoms with Gasteiger partial charge in [0.05, 0.1) is 11.9 Å². The number of carbonyl (C=O) groups excluding carboxylic acids is 1. The van der Waals surface area contributed by atoms with Crippen molar-refractivity contribution >= 4 is 29.1 Å². The fourth-order valence-corrected chi connectivity index (χ4v) is 2.63. The highest BCUT2D eigenvalue weighted by molar-refractivity contribution is 6.31. The number of amides is 2. The summed E-state index contributed by atoms with van der Waals surface area (Å²) in [7, 11) is 1.89. The number of benzene rings is 1. The van der Waals surface area contributed by atoms with Gasteiger partial charge in [-0.25, -0.2) is 9.78 Å². The predicted octanol–water partition coefficient (Wildman–Crippen LogP) is 2.30. The number of rotatable bonds is 3. The lowest BCUT2D eigenvalue weighted by Crippen LogP contribution is -2.37. The number of halogens is 1. The molecule has 1 aliphatic heterocycles. The molecular weight excluding hydrogens is 318 g/mol. The number of hydrogen-bond acceptors (Lipinski definition) is 5. The number of likely N-dealkylation sites (N-methyl/N-ethyl adjacent to an activating group) is 1. The van der Waals surface area contributed by atoms with E-state index in [1.54, 1.807) is 6.07 Å². The van der Waals surface area contributed by atoms with E-state index in [9.17, 15) is 4.79 Å². The summed E-state index contributed by atoms with van der Waals surface area (Å²) in [6, 6.07) is 3.30. The van der Waals surface area contributed by atoms with Crippen LogP contribution in [0.25, 0.3) is 0 Å². The Morgan fingerprint density at radius 1 is 1.35 bits per heavy atom. The lowest BCUT2D eigenvalue weighted by Gasteiger charge is -2.27. The number of nitrogens with zero attached hydrogens (tertiary/aromatic N) is 2. The Morgan fingerprint density at radius 3 is 2.96 bits per heavy atom. The topological polar surface area (TPSA) is 88.2 Å². The Morgan fingerprint density at radius 2 is 2.22 bits per heavy atom. The number of anilines is 2. The second-order valence-electron chi connectivity index (χ2n) is 5.11. The van der Waals surface area contributed by atoms with Crippen LogP contribution in [0, 0.1) is 0 Å². The first kappa shape index (κ1) is 15.5. The summed E-state index contributed by atoms with van der Waals surface area (Å²) >= 11 is 6.15. The van der Waals surface area contributed by atoms with Crippen molar-refractivity contribution in [3.63, 3.8) is 0 Å². The minimum Gasteiger partial charge on any atom is -0.489 e. The predicted molar refractivity (Wildman–Crippen MR) is 88.2 cm³/mol. The van der Waals surface area contributed by atoms with Gasteiger partial charge in [0.15, 0.2) is 5.82 Å². The number of aromatic nitrogens is 2. The second kappa shape index (κ2) is 6.80. The van der Waals surface area contributed by atoms with Crippen LogP contribution in [0.2, 0.25) is 5.02 Å². The molecule has 1 aliphatic rings. The Hall–Kier alpha value is -2.38. The zero-order valence-electron chi connectivity index (χ0n) is 12.5. The molecule has 3 rings (SSSR count). The Bertz CT molecular complexity index is 711. The molecule has 0 saturated heterocycles. The molecule has 0 bridgehead atoms. The summed E-state index contributed by atoms with van der Waals surface area (Å²) in [6.07, 6.45) is 5.27. The molecule has 2 amide bonds. The van der Waals surface area contributed by atoms with E-state index in [0.29, 0.717) is 28.9 Å². The number of ether oxygens (including phenoxy) is 1. The van der Waals surface area contributed by atoms with Gasteiger partial charge >= 0.3 is 6.03 Å². The molecule has 0 fully saturated rings. The van der Waals surface area contributed by atoms with Gasteiger partial charge in [0, 0.05) is 23.5 Å². The maximum atomic E-state index is 12.1. The van der Waals surface area contributed by atoms with Gasteiger partial charge in [-0.05, 0) is 31.2 Å². The molecule has 23 heavy (non-hydrogen) atoms. The lowest BCUT2D eigenvalue weighted by atomic mass is 10.0. The minimum atomic E-state index is -0.436. The van der Waals surface area contributed by atoms with Crippen LogP contribution in [0.15, 0.2) is 30.7 Å². The van der Waals surface area contributed by atoms with Gasteiger partial charge in [-0.15, -0.1) is 0 Å². The standard InChI is InChI=1S/C15H16ClN5O2/c1-17-11-5-9-4-10(16)6-12(14(9)23-8-11)20-15(22)21-13-7-18-2-3-19-13/h2-4,6-7,11,17H,5,8H2,1H3,(H2,19,20,21,22). The van der Waals surface area contributed by atoms with Crippen LogP contribution in [0.3, 0.4) is 0 Å². The minimum absolute atomic E-state index is 0.224. The van der Waals surface area contributed by atoms with Gasteiger partial charge in [0.25, 0.3) is 0 Å². The molecule has 3 N–H and O–H groups in total. The lowest BCUT2D eigenvalue weighted by molar-refractivity contribution is 0.246. The van der Waals surface area contributed by atoms with E-state index in [4.69, 9.17) is 16.3 Å². The maximum Gasteiger partial charge on any atom is 0.325 e. The van der Waals surface area contributed by atoms with Gasteiger partial charge in [0.1, 0.15) is 12.4 Å². The Kier molecular flexibility index (Phi) is 4.59. The Balaban J connectivity index is 1.78. The smallest absolute Gasteiger partial charge is 0.325 e. The summed E-state index contributed by atoms with van der Waals surface area (Å²) in [4.78, 5) is 20.0. The number of hydrogen-bond donors (Lipinski definition) is 3. The molecule has 1 aromatic carbocycles. The van der Waals surface area contributed by atoms with Gasteiger partial charge in [-0.1, -0.05) is 11.6 Å². The first-order chi connectivity index (χ1) is 11.2. The largest absolute Gasteiger partial charge is 0.489 e. The quantitative estimate of drug-likeness (QED) is 0.802. The van der Waals surface area contributed by atoms with Crippen LogP contribution in [0.5, 0.6) is 5.75 Å². The molecule has 7 nitrogen and oxygen atoms in total. The van der Waals surface area contributed by atoms with Crippen LogP contribution in [-0.2, 0) is 6.42 Å². The normalized spacial score (nSPS) is 16.2. The van der Waals surface area contributed by atoms with Gasteiger partial charge in [-0.2, -0.15) is 0 Å². The van der Waals surface area contributed by atoms with Crippen molar-refractivity contribution in [2.75, 3.05) is 24.3 Å². The van der Waals surface area contributed by atoms with E-state index in [1.165, 1.54) is 18.6 Å². The molecule has 1 aromatic heterocycles. The average Bonchev–Trinajstić information content (AvgIpc) is 2.54. The van der Waals surface area contributed by atoms with Crippen molar-refractivity contribution in [1.82, 2.24) is 15.3 Å².